The molecule has 6 heterocycles. The van der Waals surface area contributed by atoms with Crippen LogP contribution in [-0.2, 0) is 32.2 Å². The first kappa shape index (κ1) is 40.7. The third-order valence-electron chi connectivity index (χ3n) is 13.3. The van der Waals surface area contributed by atoms with E-state index in [9.17, 15) is 13.8 Å². The van der Waals surface area contributed by atoms with Gasteiger partial charge in [0.15, 0.2) is 5.82 Å². The predicted molar refractivity (Wildman–Crippen MR) is 234 cm³/mol. The maximum atomic E-state index is 15.4. The van der Waals surface area contributed by atoms with Gasteiger partial charge in [-0.15, -0.1) is 0 Å². The maximum absolute atomic E-state index is 15.4. The van der Waals surface area contributed by atoms with E-state index in [1.165, 1.54) is 21.0 Å². The summed E-state index contributed by atoms with van der Waals surface area (Å²) in [5.41, 5.74) is 5.31. The average Bonchev–Trinajstić information content (AvgIpc) is 3.75. The van der Waals surface area contributed by atoms with E-state index in [1.807, 2.05) is 22.5 Å². The molecule has 17 heteroatoms. The summed E-state index contributed by atoms with van der Waals surface area (Å²) >= 11 is 0. The Kier molecular flexibility index (Phi) is 9.63. The van der Waals surface area contributed by atoms with Crippen molar-refractivity contribution in [2.75, 3.05) is 26.0 Å². The average molecular weight is 874 g/mol. The van der Waals surface area contributed by atoms with E-state index in [1.54, 1.807) is 67.3 Å². The first-order valence-corrected chi connectivity index (χ1v) is 23.4. The molecule has 3 aromatic carbocycles. The van der Waals surface area contributed by atoms with Gasteiger partial charge in [0, 0.05) is 71.0 Å². The predicted octanol–water partition coefficient (Wildman–Crippen LogP) is 6.81. The summed E-state index contributed by atoms with van der Waals surface area (Å²) in [4.78, 5) is 47.0. The smallest absolute Gasteiger partial charge is 0.381 e. The Morgan fingerprint density at radius 3 is 2.33 bits per heavy atom. The number of carbonyl (C=O) groups excluding carboxylic acids is 1. The molecule has 4 atom stereocenters. The normalized spacial score (nSPS) is 21.1. The number of hydrogen-bond donors (Lipinski definition) is 2. The minimum atomic E-state index is -2.76. The number of carbonyl (C=O) groups is 1. The van der Waals surface area contributed by atoms with Crippen molar-refractivity contribution in [2.24, 2.45) is 5.92 Å². The quantitative estimate of drug-likeness (QED) is 0.159. The Hall–Kier alpha value is -6.33. The molecule has 2 N–H and O–H groups in total. The summed E-state index contributed by atoms with van der Waals surface area (Å²) in [6, 6.07) is 18.2. The monoisotopic (exact) mass is 873 g/mol. The molecule has 3 aliphatic rings. The van der Waals surface area contributed by atoms with Crippen LogP contribution >= 0.6 is 0 Å². The number of aromatic amines is 1. The van der Waals surface area contributed by atoms with Crippen molar-refractivity contribution in [3.8, 4) is 17.2 Å². The van der Waals surface area contributed by atoms with Gasteiger partial charge < -0.3 is 14.2 Å². The molecule has 1 amide bonds. The van der Waals surface area contributed by atoms with Crippen LogP contribution in [0.5, 0.6) is 0 Å². The highest BCUT2D eigenvalue weighted by Crippen LogP contribution is 2.56. The van der Waals surface area contributed by atoms with Gasteiger partial charge >= 0.3 is 11.4 Å². The van der Waals surface area contributed by atoms with Gasteiger partial charge in [0.05, 0.1) is 28.9 Å². The first-order valence-electron chi connectivity index (χ1n) is 21.2. The molecule has 1 unspecified atom stereocenters. The number of rotatable bonds is 9. The largest absolute Gasteiger partial charge is 0.438 e. The van der Waals surface area contributed by atoms with Crippen LogP contribution < -0.4 is 11.4 Å². The highest BCUT2D eigenvalue weighted by Gasteiger charge is 2.59. The zero-order chi connectivity index (χ0) is 44.1. The molecule has 4 aromatic heterocycles. The molecule has 15 nitrogen and oxygen atoms in total. The van der Waals surface area contributed by atoms with E-state index in [-0.39, 0.29) is 23.4 Å². The molecule has 10 rings (SSSR count). The van der Waals surface area contributed by atoms with E-state index < -0.39 is 32.8 Å². The lowest BCUT2D eigenvalue weighted by Crippen LogP contribution is -2.41. The first-order chi connectivity index (χ1) is 30.1. The molecule has 326 valence electrons. The number of hydrogen-bond acceptors (Lipinski definition) is 9. The molecule has 0 bridgehead atoms. The van der Waals surface area contributed by atoms with Gasteiger partial charge in [-0.25, -0.2) is 22.9 Å². The molecule has 1 aliphatic carbocycles. The number of halogens is 1. The molecule has 1 saturated heterocycles. The second kappa shape index (κ2) is 14.9. The Balaban J connectivity index is 1.10. The molecule has 2 fully saturated rings. The van der Waals surface area contributed by atoms with Crippen molar-refractivity contribution in [2.45, 2.75) is 76.6 Å². The zero-order valence-electron chi connectivity index (χ0n) is 35.7. The fourth-order valence-electron chi connectivity index (χ4n) is 10.0. The number of fused-ring (bicyclic) bond motifs is 2. The van der Waals surface area contributed by atoms with Gasteiger partial charge in [-0.05, 0) is 117 Å². The Morgan fingerprint density at radius 1 is 0.984 bits per heavy atom. The van der Waals surface area contributed by atoms with Gasteiger partial charge in [0.25, 0.3) is 5.91 Å². The van der Waals surface area contributed by atoms with Crippen LogP contribution in [0.25, 0.3) is 28.1 Å². The van der Waals surface area contributed by atoms with E-state index in [4.69, 9.17) is 19.1 Å². The maximum Gasteiger partial charge on any atom is 0.438 e. The van der Waals surface area contributed by atoms with Gasteiger partial charge in [-0.1, -0.05) is 30.3 Å². The Labute approximate surface area is 362 Å². The number of imidazole rings is 1. The molecule has 2 aliphatic heterocycles. The van der Waals surface area contributed by atoms with Crippen molar-refractivity contribution in [1.29, 1.82) is 4.78 Å². The van der Waals surface area contributed by atoms with Crippen LogP contribution in [0, 0.1) is 30.4 Å². The molecule has 7 aromatic rings. The topological polar surface area (TPSA) is 179 Å². The highest BCUT2D eigenvalue weighted by molar-refractivity contribution is 7.90. The molecule has 0 spiro atoms. The minimum Gasteiger partial charge on any atom is -0.381 e. The van der Waals surface area contributed by atoms with Crippen LogP contribution in [-0.4, -0.2) is 74.7 Å². The fourth-order valence-corrected chi connectivity index (χ4v) is 10.8. The van der Waals surface area contributed by atoms with Crippen LogP contribution in [0.4, 0.5) is 4.39 Å². The van der Waals surface area contributed by atoms with Crippen LogP contribution in [0.1, 0.15) is 94.9 Å². The third kappa shape index (κ3) is 6.79. The number of benzene rings is 3. The SMILES string of the molecule is Cc1cc(-n2nc3c(c2-n2ccn(-c4ccc(CS(C)(=N)=O)cc4)c2=O)[C@H](C)N(C(=O)c2cc4cc(C5CCOCC5)ccc4n2[C@@]2(c4noc(=O)[nH]4)C[C@@H]2C)CC3)cc(C)c1F. The van der Waals surface area contributed by atoms with Gasteiger partial charge in [0.1, 0.15) is 22.9 Å². The van der Waals surface area contributed by atoms with Crippen LogP contribution in [0.15, 0.2) is 87.2 Å². The molecule has 1 saturated carbocycles. The number of amides is 1. The summed E-state index contributed by atoms with van der Waals surface area (Å²) < 4.78 is 52.5. The van der Waals surface area contributed by atoms with Crippen molar-refractivity contribution in [1.82, 2.24) is 38.5 Å². The van der Waals surface area contributed by atoms with Crippen molar-refractivity contribution >= 4 is 26.5 Å². The van der Waals surface area contributed by atoms with Gasteiger partial charge in [0.2, 0.25) is 0 Å². The van der Waals surface area contributed by atoms with Crippen molar-refractivity contribution < 1.29 is 22.7 Å². The summed E-state index contributed by atoms with van der Waals surface area (Å²) in [6.45, 7) is 9.11. The standard InChI is InChI=1S/C46H48FN9O6S/c1-26-20-35(21-27(2)40(26)47)56-41(54-17-16-53(45(54)59)34-9-6-30(7-10-34)25-63(5,48)60)39-29(4)52(15-12-36(39)50-56)42(57)38-23-33-22-32(31-13-18-61-19-14-31)8-11-37(33)55(38)46(24-28(46)3)43-49-44(58)62-51-43/h6-11,16-17,20-23,28-29,31,48H,12-15,18-19,24-25H2,1-5H3,(H,49,51,58)/t28-,29-,46-,63?/m0/s1. The second-order valence-corrected chi connectivity index (χ2v) is 19.9. The number of nitrogens with zero attached hydrogens (tertiary/aromatic N) is 7. The van der Waals surface area contributed by atoms with Gasteiger partial charge in [-0.2, -0.15) is 5.10 Å². The van der Waals surface area contributed by atoms with Crippen molar-refractivity contribution in [3.63, 3.8) is 0 Å². The molecular formula is C46H48FN9O6S. The number of ether oxygens (including phenoxy) is 1. The lowest BCUT2D eigenvalue weighted by Gasteiger charge is -2.34. The number of nitrogens with one attached hydrogen (secondary N) is 2. The Morgan fingerprint density at radius 2 is 1.68 bits per heavy atom. The van der Waals surface area contributed by atoms with Gasteiger partial charge in [-0.3, -0.25) is 28.2 Å². The van der Waals surface area contributed by atoms with E-state index >= 15 is 9.18 Å². The lowest BCUT2D eigenvalue weighted by molar-refractivity contribution is 0.0663. The second-order valence-electron chi connectivity index (χ2n) is 17.6. The van der Waals surface area contributed by atoms with Crippen molar-refractivity contribution in [3.05, 3.63) is 145 Å². The lowest BCUT2D eigenvalue weighted by atomic mass is 9.91. The summed E-state index contributed by atoms with van der Waals surface area (Å²) in [5, 5.41) is 10.1. The third-order valence-corrected chi connectivity index (χ3v) is 14.2. The number of aromatic nitrogens is 7. The zero-order valence-corrected chi connectivity index (χ0v) is 36.5. The summed E-state index contributed by atoms with van der Waals surface area (Å²) in [7, 11) is -2.76. The molecule has 63 heavy (non-hydrogen) atoms. The molecule has 0 radical (unpaired) electrons. The summed E-state index contributed by atoms with van der Waals surface area (Å²) in [5.74, 6) is 0.00567. The minimum absolute atomic E-state index is 0.0196. The number of H-pyrrole nitrogens is 1. The highest BCUT2D eigenvalue weighted by atomic mass is 32.2. The number of aryl methyl sites for hydroxylation is 2. The molecular weight excluding hydrogens is 826 g/mol. The van der Waals surface area contributed by atoms with E-state index in [0.717, 1.165) is 29.3 Å². The van der Waals surface area contributed by atoms with Crippen LogP contribution in [0.2, 0.25) is 0 Å². The fraction of sp³-hybridized carbons (Fsp3) is 0.370. The summed E-state index contributed by atoms with van der Waals surface area (Å²) in [6.07, 6.45) is 7.54. The Bertz CT molecular complexity index is 3180. The van der Waals surface area contributed by atoms with E-state index in [2.05, 4.69) is 35.3 Å². The van der Waals surface area contributed by atoms with E-state index in [0.29, 0.717) is 89.6 Å². The van der Waals surface area contributed by atoms with Crippen LogP contribution in [0.3, 0.4) is 0 Å².